The van der Waals surface area contributed by atoms with Gasteiger partial charge in [-0.05, 0) is 99.1 Å². The predicted octanol–water partition coefficient (Wildman–Crippen LogP) is 4.90. The van der Waals surface area contributed by atoms with E-state index in [1.807, 2.05) is 17.0 Å². The number of hydrogen-bond acceptors (Lipinski definition) is 6. The van der Waals surface area contributed by atoms with Crippen molar-refractivity contribution in [2.75, 3.05) is 37.6 Å². The Morgan fingerprint density at radius 1 is 0.846 bits per heavy atom. The number of nitrogens with two attached hydrogens (primary N) is 2. The molecular formula is C30H35ClN4O3S. The van der Waals surface area contributed by atoms with Crippen molar-refractivity contribution in [3.8, 4) is 0 Å². The molecule has 0 saturated carbocycles. The van der Waals surface area contributed by atoms with Crippen molar-refractivity contribution in [2.24, 2.45) is 5.92 Å². The Morgan fingerprint density at radius 3 is 2.18 bits per heavy atom. The average Bonchev–Trinajstić information content (AvgIpc) is 2.95. The Labute approximate surface area is 235 Å². The van der Waals surface area contributed by atoms with Crippen LogP contribution in [0.25, 0.3) is 0 Å². The molecule has 9 heteroatoms. The quantitative estimate of drug-likeness (QED) is 0.411. The monoisotopic (exact) mass is 566 g/mol. The SMILES string of the molecule is Nc1cccc(C(=O)N2CCC(N3CCC(Cc4ccc(S(=O)(=O)c5cccc(Cl)c5)cc4)CC3)CC2)c1N. The van der Waals surface area contributed by atoms with E-state index in [2.05, 4.69) is 4.90 Å². The van der Waals surface area contributed by atoms with E-state index in [1.165, 1.54) is 6.07 Å². The van der Waals surface area contributed by atoms with Crippen molar-refractivity contribution in [1.29, 1.82) is 0 Å². The molecule has 7 nitrogen and oxygen atoms in total. The van der Waals surface area contributed by atoms with E-state index in [0.717, 1.165) is 63.8 Å². The van der Waals surface area contributed by atoms with Crippen molar-refractivity contribution >= 4 is 38.7 Å². The zero-order valence-electron chi connectivity index (χ0n) is 21.9. The first kappa shape index (κ1) is 27.5. The molecule has 3 aromatic carbocycles. The molecular weight excluding hydrogens is 532 g/mol. The Hall–Kier alpha value is -3.07. The van der Waals surface area contributed by atoms with Gasteiger partial charge in [-0.1, -0.05) is 35.9 Å². The highest BCUT2D eigenvalue weighted by Crippen LogP contribution is 2.29. The van der Waals surface area contributed by atoms with E-state index in [4.69, 9.17) is 23.1 Å². The molecule has 2 saturated heterocycles. The largest absolute Gasteiger partial charge is 0.397 e. The molecule has 2 fully saturated rings. The van der Waals surface area contributed by atoms with Crippen LogP contribution in [0, 0.1) is 5.92 Å². The van der Waals surface area contributed by atoms with Crippen molar-refractivity contribution in [2.45, 2.75) is 47.9 Å². The van der Waals surface area contributed by atoms with Gasteiger partial charge in [-0.15, -0.1) is 0 Å². The Kier molecular flexibility index (Phi) is 8.16. The van der Waals surface area contributed by atoms with Gasteiger partial charge < -0.3 is 21.3 Å². The number of benzene rings is 3. The highest BCUT2D eigenvalue weighted by molar-refractivity contribution is 7.91. The predicted molar refractivity (Wildman–Crippen MR) is 156 cm³/mol. The lowest BCUT2D eigenvalue weighted by atomic mass is 9.88. The van der Waals surface area contributed by atoms with E-state index in [0.29, 0.717) is 33.9 Å². The summed E-state index contributed by atoms with van der Waals surface area (Å²) in [6, 6.07) is 19.4. The molecule has 0 aliphatic carbocycles. The smallest absolute Gasteiger partial charge is 0.256 e. The van der Waals surface area contributed by atoms with Gasteiger partial charge in [0.05, 0.1) is 26.7 Å². The van der Waals surface area contributed by atoms with Crippen LogP contribution in [0.15, 0.2) is 76.5 Å². The summed E-state index contributed by atoms with van der Waals surface area (Å²) in [7, 11) is -3.59. The van der Waals surface area contributed by atoms with Crippen molar-refractivity contribution in [1.82, 2.24) is 9.80 Å². The molecule has 0 atom stereocenters. The zero-order chi connectivity index (χ0) is 27.6. The topological polar surface area (TPSA) is 110 Å². The third kappa shape index (κ3) is 6.08. The number of anilines is 2. The summed E-state index contributed by atoms with van der Waals surface area (Å²) in [4.78, 5) is 17.9. The van der Waals surface area contributed by atoms with Gasteiger partial charge in [-0.2, -0.15) is 0 Å². The molecule has 1 amide bonds. The maximum atomic E-state index is 13.0. The number of halogens is 1. The van der Waals surface area contributed by atoms with Crippen LogP contribution in [0.2, 0.25) is 5.02 Å². The molecule has 3 aromatic rings. The maximum absolute atomic E-state index is 13.0. The lowest BCUT2D eigenvalue weighted by Gasteiger charge is -2.42. The fourth-order valence-electron chi connectivity index (χ4n) is 5.80. The van der Waals surface area contributed by atoms with Gasteiger partial charge in [0, 0.05) is 24.2 Å². The van der Waals surface area contributed by atoms with Gasteiger partial charge in [0.1, 0.15) is 0 Å². The molecule has 2 aliphatic rings. The highest BCUT2D eigenvalue weighted by atomic mass is 35.5. The van der Waals surface area contributed by atoms with Crippen molar-refractivity contribution in [3.63, 3.8) is 0 Å². The van der Waals surface area contributed by atoms with Gasteiger partial charge in [0.25, 0.3) is 5.91 Å². The Bertz CT molecular complexity index is 1430. The number of rotatable bonds is 6. The number of nitrogens with zero attached hydrogens (tertiary/aromatic N) is 2. The van der Waals surface area contributed by atoms with E-state index in [1.54, 1.807) is 48.5 Å². The first-order valence-electron chi connectivity index (χ1n) is 13.5. The fraction of sp³-hybridized carbons (Fsp3) is 0.367. The standard InChI is InChI=1S/C30H35ClN4O3S/c31-23-3-1-4-26(20-23)39(37,38)25-9-7-21(8-10-25)19-22-11-15-34(16-12-22)24-13-17-35(18-14-24)30(36)27-5-2-6-28(32)29(27)33/h1-10,20,22,24H,11-19,32-33H2. The van der Waals surface area contributed by atoms with Crippen LogP contribution in [-0.2, 0) is 16.3 Å². The van der Waals surface area contributed by atoms with Gasteiger partial charge in [0.15, 0.2) is 0 Å². The summed E-state index contributed by atoms with van der Waals surface area (Å²) < 4.78 is 25.9. The van der Waals surface area contributed by atoms with Gasteiger partial charge in [-0.25, -0.2) is 8.42 Å². The van der Waals surface area contributed by atoms with E-state index < -0.39 is 9.84 Å². The lowest BCUT2D eigenvalue weighted by molar-refractivity contribution is 0.0553. The summed E-state index contributed by atoms with van der Waals surface area (Å²) >= 11 is 5.99. The molecule has 4 N–H and O–H groups in total. The van der Waals surface area contributed by atoms with Gasteiger partial charge in [0.2, 0.25) is 9.84 Å². The second-order valence-corrected chi connectivity index (χ2v) is 13.0. The molecule has 2 heterocycles. The first-order chi connectivity index (χ1) is 18.7. The van der Waals surface area contributed by atoms with Crippen molar-refractivity contribution in [3.05, 3.63) is 82.9 Å². The maximum Gasteiger partial charge on any atom is 0.256 e. The summed E-state index contributed by atoms with van der Waals surface area (Å²) in [5.41, 5.74) is 14.4. The number of carbonyl (C=O) groups excluding carboxylic acids is 1. The number of amides is 1. The minimum atomic E-state index is -3.59. The third-order valence-electron chi connectivity index (χ3n) is 8.15. The molecule has 0 bridgehead atoms. The van der Waals surface area contributed by atoms with Crippen LogP contribution in [0.3, 0.4) is 0 Å². The van der Waals surface area contributed by atoms with E-state index >= 15 is 0 Å². The zero-order valence-corrected chi connectivity index (χ0v) is 23.5. The number of piperidine rings is 2. The second kappa shape index (κ2) is 11.6. The Morgan fingerprint density at radius 2 is 1.51 bits per heavy atom. The minimum absolute atomic E-state index is 0.0386. The minimum Gasteiger partial charge on any atom is -0.397 e. The van der Waals surface area contributed by atoms with Gasteiger partial charge >= 0.3 is 0 Å². The number of para-hydroxylation sites is 1. The van der Waals surface area contributed by atoms with Crippen LogP contribution in [-0.4, -0.2) is 56.3 Å². The number of hydrogen-bond donors (Lipinski definition) is 2. The van der Waals surface area contributed by atoms with Crippen LogP contribution in [0.1, 0.15) is 41.6 Å². The number of nitrogen functional groups attached to an aromatic ring is 2. The summed E-state index contributed by atoms with van der Waals surface area (Å²) in [5, 5.41) is 0.404. The third-order valence-corrected chi connectivity index (χ3v) is 10.2. The molecule has 0 aromatic heterocycles. The molecule has 2 aliphatic heterocycles. The van der Waals surface area contributed by atoms with E-state index in [9.17, 15) is 13.2 Å². The number of sulfone groups is 1. The average molecular weight is 567 g/mol. The summed E-state index contributed by atoms with van der Waals surface area (Å²) in [6.07, 6.45) is 5.09. The summed E-state index contributed by atoms with van der Waals surface area (Å²) in [6.45, 7) is 3.55. The normalized spacial score (nSPS) is 17.8. The number of likely N-dealkylation sites (tertiary alicyclic amines) is 2. The molecule has 39 heavy (non-hydrogen) atoms. The molecule has 0 unspecified atom stereocenters. The summed E-state index contributed by atoms with van der Waals surface area (Å²) in [5.74, 6) is 0.535. The molecule has 5 rings (SSSR count). The lowest BCUT2D eigenvalue weighted by Crippen LogP contribution is -2.49. The van der Waals surface area contributed by atoms with Crippen LogP contribution >= 0.6 is 11.6 Å². The first-order valence-corrected chi connectivity index (χ1v) is 15.4. The van der Waals surface area contributed by atoms with Crippen molar-refractivity contribution < 1.29 is 13.2 Å². The van der Waals surface area contributed by atoms with Crippen LogP contribution < -0.4 is 11.5 Å². The molecule has 0 radical (unpaired) electrons. The molecule has 206 valence electrons. The van der Waals surface area contributed by atoms with Gasteiger partial charge in [-0.3, -0.25) is 4.79 Å². The molecule has 0 spiro atoms. The van der Waals surface area contributed by atoms with Crippen LogP contribution in [0.4, 0.5) is 11.4 Å². The van der Waals surface area contributed by atoms with Crippen LogP contribution in [0.5, 0.6) is 0 Å². The second-order valence-electron chi connectivity index (χ2n) is 10.6. The fourth-order valence-corrected chi connectivity index (χ4v) is 7.37. The highest BCUT2D eigenvalue weighted by Gasteiger charge is 2.30. The Balaban J connectivity index is 1.10. The van der Waals surface area contributed by atoms with E-state index in [-0.39, 0.29) is 15.7 Å². The number of carbonyl (C=O) groups is 1.